The van der Waals surface area contributed by atoms with E-state index in [1.165, 1.54) is 25.7 Å². The van der Waals surface area contributed by atoms with Crippen LogP contribution in [-0.4, -0.2) is 11.2 Å². The third kappa shape index (κ3) is 0.817. The van der Waals surface area contributed by atoms with Crippen molar-refractivity contribution in [2.45, 2.75) is 38.7 Å². The molecule has 1 nitrogen and oxygen atoms in total. The van der Waals surface area contributed by atoms with E-state index in [0.717, 1.165) is 11.8 Å². The van der Waals surface area contributed by atoms with Crippen LogP contribution < -0.4 is 0 Å². The highest BCUT2D eigenvalue weighted by molar-refractivity contribution is 5.20. The summed E-state index contributed by atoms with van der Waals surface area (Å²) >= 11 is 0. The minimum atomic E-state index is -0.0521. The van der Waals surface area contributed by atoms with Crippen LogP contribution in [0.4, 0.5) is 0 Å². The number of hydrogen-bond donors (Lipinski definition) is 1. The van der Waals surface area contributed by atoms with Crippen molar-refractivity contribution in [2.24, 2.45) is 23.2 Å². The van der Waals surface area contributed by atoms with Crippen molar-refractivity contribution in [3.05, 3.63) is 12.2 Å². The molecule has 0 aromatic rings. The minimum absolute atomic E-state index is 0.0521. The van der Waals surface area contributed by atoms with E-state index in [2.05, 4.69) is 19.1 Å². The molecule has 0 amide bonds. The molecule has 2 fully saturated rings. The van der Waals surface area contributed by atoms with Gasteiger partial charge in [-0.05, 0) is 37.0 Å². The molecule has 0 heterocycles. The Bertz CT molecular complexity index is 258. The van der Waals surface area contributed by atoms with Crippen LogP contribution in [0.5, 0.6) is 0 Å². The number of hydrogen-bond acceptors (Lipinski definition) is 1. The summed E-state index contributed by atoms with van der Waals surface area (Å²) in [7, 11) is 0. The van der Waals surface area contributed by atoms with E-state index < -0.39 is 0 Å². The van der Waals surface area contributed by atoms with Crippen LogP contribution >= 0.6 is 0 Å². The fourth-order valence-corrected chi connectivity index (χ4v) is 4.17. The van der Waals surface area contributed by atoms with Gasteiger partial charge >= 0.3 is 0 Å². The molecule has 0 bridgehead atoms. The van der Waals surface area contributed by atoms with Crippen LogP contribution in [0.3, 0.4) is 0 Å². The molecule has 5 unspecified atom stereocenters. The minimum Gasteiger partial charge on any atom is -0.392 e. The zero-order valence-corrected chi connectivity index (χ0v) is 8.24. The van der Waals surface area contributed by atoms with E-state index in [9.17, 15) is 5.11 Å². The van der Waals surface area contributed by atoms with Crippen molar-refractivity contribution in [1.29, 1.82) is 0 Å². The molecule has 72 valence electrons. The monoisotopic (exact) mass is 178 g/mol. The Kier molecular flexibility index (Phi) is 1.48. The second-order valence-electron chi connectivity index (χ2n) is 5.31. The normalized spacial score (nSPS) is 58.3. The first-order valence-corrected chi connectivity index (χ1v) is 5.59. The molecular weight excluding hydrogens is 160 g/mol. The van der Waals surface area contributed by atoms with Gasteiger partial charge in [0, 0.05) is 5.41 Å². The molecule has 0 aromatic heterocycles. The van der Waals surface area contributed by atoms with Gasteiger partial charge in [-0.25, -0.2) is 0 Å². The molecule has 5 atom stereocenters. The fraction of sp³-hybridized carbons (Fsp3) is 0.833. The van der Waals surface area contributed by atoms with Gasteiger partial charge in [0.2, 0.25) is 0 Å². The van der Waals surface area contributed by atoms with Crippen LogP contribution in [0.1, 0.15) is 32.6 Å². The molecule has 0 spiro atoms. The Balaban J connectivity index is 2.00. The Morgan fingerprint density at radius 3 is 2.92 bits per heavy atom. The number of allylic oxidation sites excluding steroid dienone is 1. The van der Waals surface area contributed by atoms with E-state index in [4.69, 9.17) is 0 Å². The third-order valence-electron chi connectivity index (χ3n) is 4.85. The second kappa shape index (κ2) is 2.38. The highest BCUT2D eigenvalue weighted by Gasteiger charge is 2.57. The largest absolute Gasteiger partial charge is 0.392 e. The maximum atomic E-state index is 10.3. The predicted octanol–water partition coefficient (Wildman–Crippen LogP) is 2.36. The second-order valence-corrected chi connectivity index (χ2v) is 5.31. The molecule has 3 aliphatic rings. The van der Waals surface area contributed by atoms with E-state index >= 15 is 0 Å². The summed E-state index contributed by atoms with van der Waals surface area (Å²) in [5, 5.41) is 10.3. The van der Waals surface area contributed by atoms with Crippen LogP contribution in [0, 0.1) is 23.2 Å². The first kappa shape index (κ1) is 8.05. The van der Waals surface area contributed by atoms with Gasteiger partial charge in [0.25, 0.3) is 0 Å². The molecule has 1 heteroatoms. The van der Waals surface area contributed by atoms with Gasteiger partial charge in [0.1, 0.15) is 0 Å². The smallest absolute Gasteiger partial charge is 0.0661 e. The fourth-order valence-electron chi connectivity index (χ4n) is 4.17. The Hall–Kier alpha value is -0.300. The van der Waals surface area contributed by atoms with Crippen molar-refractivity contribution < 1.29 is 5.11 Å². The molecular formula is C12H18O. The third-order valence-corrected chi connectivity index (χ3v) is 4.85. The van der Waals surface area contributed by atoms with Gasteiger partial charge in [0.15, 0.2) is 0 Å². The molecule has 0 aromatic carbocycles. The maximum Gasteiger partial charge on any atom is 0.0661 e. The standard InChI is InChI=1S/C12H18O/c1-12-7-3-6-10(12)8-4-2-5-9(8)11(12)13/h3,7-11,13H,2,4-6H2,1H3. The number of aliphatic hydroxyl groups excluding tert-OH is 1. The van der Waals surface area contributed by atoms with Gasteiger partial charge in [0.05, 0.1) is 6.10 Å². The van der Waals surface area contributed by atoms with Gasteiger partial charge in [-0.3, -0.25) is 0 Å². The molecule has 3 aliphatic carbocycles. The summed E-state index contributed by atoms with van der Waals surface area (Å²) in [6.07, 6.45) is 9.70. The summed E-state index contributed by atoms with van der Waals surface area (Å²) < 4.78 is 0. The molecule has 1 N–H and O–H groups in total. The SMILES string of the molecule is CC12C=CCC1C1CCCC1C2O. The van der Waals surface area contributed by atoms with Crippen LogP contribution in [-0.2, 0) is 0 Å². The van der Waals surface area contributed by atoms with Gasteiger partial charge in [-0.15, -0.1) is 0 Å². The van der Waals surface area contributed by atoms with Crippen LogP contribution in [0.25, 0.3) is 0 Å². The quantitative estimate of drug-likeness (QED) is 0.565. The summed E-state index contributed by atoms with van der Waals surface area (Å²) in [4.78, 5) is 0. The molecule has 0 aliphatic heterocycles. The number of fused-ring (bicyclic) bond motifs is 3. The van der Waals surface area contributed by atoms with E-state index in [1.54, 1.807) is 0 Å². The molecule has 0 saturated heterocycles. The Labute approximate surface area is 79.8 Å². The molecule has 13 heavy (non-hydrogen) atoms. The Morgan fingerprint density at radius 1 is 1.31 bits per heavy atom. The summed E-state index contributed by atoms with van der Waals surface area (Å²) in [6, 6.07) is 0. The Morgan fingerprint density at radius 2 is 2.08 bits per heavy atom. The van der Waals surface area contributed by atoms with Crippen LogP contribution in [0.15, 0.2) is 12.2 Å². The molecule has 0 radical (unpaired) electrons. The lowest BCUT2D eigenvalue weighted by Crippen LogP contribution is -2.30. The zero-order chi connectivity index (χ0) is 9.05. The lowest BCUT2D eigenvalue weighted by molar-refractivity contribution is 0.0519. The topological polar surface area (TPSA) is 20.2 Å². The van der Waals surface area contributed by atoms with Gasteiger partial charge in [-0.1, -0.05) is 25.5 Å². The first-order valence-electron chi connectivity index (χ1n) is 5.59. The van der Waals surface area contributed by atoms with Crippen molar-refractivity contribution in [1.82, 2.24) is 0 Å². The van der Waals surface area contributed by atoms with E-state index in [1.807, 2.05) is 0 Å². The highest BCUT2D eigenvalue weighted by Crippen LogP contribution is 2.60. The van der Waals surface area contributed by atoms with Gasteiger partial charge < -0.3 is 5.11 Å². The molecule has 2 saturated carbocycles. The average molecular weight is 178 g/mol. The average Bonchev–Trinajstić information content (AvgIpc) is 2.71. The summed E-state index contributed by atoms with van der Waals surface area (Å²) in [5.41, 5.74) is 0.135. The van der Waals surface area contributed by atoms with Crippen LogP contribution in [0.2, 0.25) is 0 Å². The predicted molar refractivity (Wildman–Crippen MR) is 52.2 cm³/mol. The van der Waals surface area contributed by atoms with E-state index in [-0.39, 0.29) is 11.5 Å². The summed E-state index contributed by atoms with van der Waals surface area (Å²) in [6.45, 7) is 2.25. The number of rotatable bonds is 0. The highest BCUT2D eigenvalue weighted by atomic mass is 16.3. The lowest BCUT2D eigenvalue weighted by atomic mass is 9.78. The van der Waals surface area contributed by atoms with Crippen molar-refractivity contribution in [2.75, 3.05) is 0 Å². The molecule has 3 rings (SSSR count). The van der Waals surface area contributed by atoms with E-state index in [0.29, 0.717) is 5.92 Å². The zero-order valence-electron chi connectivity index (χ0n) is 8.24. The lowest BCUT2D eigenvalue weighted by Gasteiger charge is -2.29. The number of aliphatic hydroxyl groups is 1. The van der Waals surface area contributed by atoms with Gasteiger partial charge in [-0.2, -0.15) is 0 Å². The maximum absolute atomic E-state index is 10.3. The van der Waals surface area contributed by atoms with Crippen molar-refractivity contribution in [3.8, 4) is 0 Å². The first-order chi connectivity index (χ1) is 6.23. The van der Waals surface area contributed by atoms with Crippen molar-refractivity contribution in [3.63, 3.8) is 0 Å². The van der Waals surface area contributed by atoms with Crippen molar-refractivity contribution >= 4 is 0 Å². The summed E-state index contributed by atoms with van der Waals surface area (Å²) in [5.74, 6) is 2.21.